The molecule has 1 N–H and O–H groups in total. The second-order valence-electron chi connectivity index (χ2n) is 2.47. The van der Waals surface area contributed by atoms with Gasteiger partial charge in [-0.05, 0) is 24.6 Å². The Morgan fingerprint density at radius 1 is 1.27 bits per heavy atom. The Balaban J connectivity index is 2.81. The molecule has 1 aromatic rings. The van der Waals surface area contributed by atoms with E-state index in [1.165, 1.54) is 0 Å². The van der Waals surface area contributed by atoms with Crippen molar-refractivity contribution in [2.75, 3.05) is 7.11 Å². The average molecular weight is 152 g/mol. The van der Waals surface area contributed by atoms with Crippen LogP contribution in [0.2, 0.25) is 0 Å². The van der Waals surface area contributed by atoms with Gasteiger partial charge >= 0.3 is 0 Å². The molecular formula is C9H12O2. The van der Waals surface area contributed by atoms with Gasteiger partial charge in [0.2, 0.25) is 0 Å². The number of aromatic hydroxyl groups is 1. The summed E-state index contributed by atoms with van der Waals surface area (Å²) in [5, 5.41) is 8.97. The normalized spacial score (nSPS) is 12.9. The lowest BCUT2D eigenvalue weighted by molar-refractivity contribution is 0.119. The molecule has 0 unspecified atom stereocenters. The molecule has 1 atom stereocenters. The summed E-state index contributed by atoms with van der Waals surface area (Å²) in [4.78, 5) is 0. The zero-order valence-electron chi connectivity index (χ0n) is 6.74. The van der Waals surface area contributed by atoms with Gasteiger partial charge in [-0.2, -0.15) is 0 Å². The van der Waals surface area contributed by atoms with Crippen molar-refractivity contribution in [3.8, 4) is 5.75 Å². The van der Waals surface area contributed by atoms with E-state index in [1.807, 2.05) is 19.1 Å². The summed E-state index contributed by atoms with van der Waals surface area (Å²) in [6, 6.07) is 7.02. The first-order chi connectivity index (χ1) is 5.24. The van der Waals surface area contributed by atoms with Crippen LogP contribution in [0.5, 0.6) is 5.75 Å². The molecular weight excluding hydrogens is 140 g/mol. The molecule has 1 aromatic carbocycles. The van der Waals surface area contributed by atoms with Crippen LogP contribution in [-0.2, 0) is 4.74 Å². The first-order valence-corrected chi connectivity index (χ1v) is 3.55. The van der Waals surface area contributed by atoms with E-state index in [0.717, 1.165) is 5.56 Å². The van der Waals surface area contributed by atoms with Crippen LogP contribution in [0.4, 0.5) is 0 Å². The van der Waals surface area contributed by atoms with Gasteiger partial charge in [-0.15, -0.1) is 0 Å². The summed E-state index contributed by atoms with van der Waals surface area (Å²) in [6.07, 6.45) is 0.0931. The molecule has 2 nitrogen and oxygen atoms in total. The SMILES string of the molecule is CO[C@H](C)c1ccc(O)cc1. The Bertz CT molecular complexity index is 216. The summed E-state index contributed by atoms with van der Waals surface area (Å²) in [7, 11) is 1.66. The van der Waals surface area contributed by atoms with E-state index >= 15 is 0 Å². The van der Waals surface area contributed by atoms with E-state index in [2.05, 4.69) is 0 Å². The summed E-state index contributed by atoms with van der Waals surface area (Å²) in [6.45, 7) is 1.96. The van der Waals surface area contributed by atoms with Crippen molar-refractivity contribution in [2.24, 2.45) is 0 Å². The molecule has 0 aromatic heterocycles. The maximum absolute atomic E-state index is 8.97. The van der Waals surface area contributed by atoms with E-state index in [1.54, 1.807) is 19.2 Å². The fourth-order valence-electron chi connectivity index (χ4n) is 0.881. The number of benzene rings is 1. The highest BCUT2D eigenvalue weighted by Crippen LogP contribution is 2.18. The zero-order chi connectivity index (χ0) is 8.27. The number of ether oxygens (including phenoxy) is 1. The highest BCUT2D eigenvalue weighted by atomic mass is 16.5. The number of hydrogen-bond donors (Lipinski definition) is 1. The van der Waals surface area contributed by atoms with Crippen LogP contribution in [0.1, 0.15) is 18.6 Å². The summed E-state index contributed by atoms with van der Waals surface area (Å²) >= 11 is 0. The van der Waals surface area contributed by atoms with Gasteiger partial charge in [-0.25, -0.2) is 0 Å². The summed E-state index contributed by atoms with van der Waals surface area (Å²) in [5.41, 5.74) is 1.07. The van der Waals surface area contributed by atoms with Crippen LogP contribution in [0.3, 0.4) is 0 Å². The third-order valence-electron chi connectivity index (χ3n) is 1.72. The zero-order valence-corrected chi connectivity index (χ0v) is 6.74. The lowest BCUT2D eigenvalue weighted by atomic mass is 10.1. The van der Waals surface area contributed by atoms with E-state index in [0.29, 0.717) is 0 Å². The van der Waals surface area contributed by atoms with Crippen molar-refractivity contribution in [3.63, 3.8) is 0 Å². The van der Waals surface area contributed by atoms with Crippen LogP contribution >= 0.6 is 0 Å². The van der Waals surface area contributed by atoms with Gasteiger partial charge < -0.3 is 9.84 Å². The minimum absolute atomic E-state index is 0.0931. The second kappa shape index (κ2) is 3.39. The molecule has 0 aliphatic heterocycles. The molecule has 11 heavy (non-hydrogen) atoms. The predicted octanol–water partition coefficient (Wildman–Crippen LogP) is 2.10. The number of methoxy groups -OCH3 is 1. The molecule has 0 saturated heterocycles. The molecule has 0 aliphatic rings. The van der Waals surface area contributed by atoms with Gasteiger partial charge in [0.25, 0.3) is 0 Å². The molecule has 1 rings (SSSR count). The van der Waals surface area contributed by atoms with E-state index < -0.39 is 0 Å². The first-order valence-electron chi connectivity index (χ1n) is 3.55. The molecule has 0 spiro atoms. The molecule has 0 radical (unpaired) electrons. The maximum Gasteiger partial charge on any atom is 0.115 e. The number of phenolic OH excluding ortho intramolecular Hbond substituents is 1. The maximum atomic E-state index is 8.97. The molecule has 0 bridgehead atoms. The predicted molar refractivity (Wildman–Crippen MR) is 43.5 cm³/mol. The van der Waals surface area contributed by atoms with Gasteiger partial charge in [0.05, 0.1) is 6.10 Å². The van der Waals surface area contributed by atoms with Crippen LogP contribution in [-0.4, -0.2) is 12.2 Å². The van der Waals surface area contributed by atoms with Gasteiger partial charge in [-0.1, -0.05) is 12.1 Å². The van der Waals surface area contributed by atoms with Gasteiger partial charge in [0.15, 0.2) is 0 Å². The second-order valence-corrected chi connectivity index (χ2v) is 2.47. The van der Waals surface area contributed by atoms with Crippen molar-refractivity contribution in [3.05, 3.63) is 29.8 Å². The third kappa shape index (κ3) is 1.95. The average Bonchev–Trinajstić information content (AvgIpc) is 2.05. The highest BCUT2D eigenvalue weighted by Gasteiger charge is 2.01. The van der Waals surface area contributed by atoms with Crippen molar-refractivity contribution in [1.29, 1.82) is 0 Å². The summed E-state index contributed by atoms with van der Waals surface area (Å²) in [5.74, 6) is 0.289. The molecule has 0 saturated carbocycles. The number of phenols is 1. The molecule has 0 fully saturated rings. The van der Waals surface area contributed by atoms with E-state index in [4.69, 9.17) is 9.84 Å². The Morgan fingerprint density at radius 3 is 2.27 bits per heavy atom. The standard InChI is InChI=1S/C9H12O2/c1-7(11-2)8-3-5-9(10)6-4-8/h3-7,10H,1-2H3/t7-/m1/s1. The molecule has 2 heteroatoms. The van der Waals surface area contributed by atoms with Crippen molar-refractivity contribution in [1.82, 2.24) is 0 Å². The number of hydrogen-bond acceptors (Lipinski definition) is 2. The highest BCUT2D eigenvalue weighted by molar-refractivity contribution is 5.26. The van der Waals surface area contributed by atoms with Gasteiger partial charge in [0, 0.05) is 7.11 Å². The van der Waals surface area contributed by atoms with Crippen molar-refractivity contribution in [2.45, 2.75) is 13.0 Å². The summed E-state index contributed by atoms with van der Waals surface area (Å²) < 4.78 is 5.09. The fraction of sp³-hybridized carbons (Fsp3) is 0.333. The Morgan fingerprint density at radius 2 is 1.82 bits per heavy atom. The van der Waals surface area contributed by atoms with Crippen molar-refractivity contribution < 1.29 is 9.84 Å². The van der Waals surface area contributed by atoms with Crippen LogP contribution in [0.15, 0.2) is 24.3 Å². The lowest BCUT2D eigenvalue weighted by Crippen LogP contribution is -1.94. The quantitative estimate of drug-likeness (QED) is 0.703. The topological polar surface area (TPSA) is 29.5 Å². The van der Waals surface area contributed by atoms with Crippen molar-refractivity contribution >= 4 is 0 Å². The molecule has 0 amide bonds. The van der Waals surface area contributed by atoms with Gasteiger partial charge in [0.1, 0.15) is 5.75 Å². The first kappa shape index (κ1) is 8.08. The van der Waals surface area contributed by atoms with Gasteiger partial charge in [-0.3, -0.25) is 0 Å². The fourth-order valence-corrected chi connectivity index (χ4v) is 0.881. The largest absolute Gasteiger partial charge is 0.508 e. The van der Waals surface area contributed by atoms with E-state index in [9.17, 15) is 0 Å². The minimum Gasteiger partial charge on any atom is -0.508 e. The van der Waals surface area contributed by atoms with Crippen LogP contribution < -0.4 is 0 Å². The van der Waals surface area contributed by atoms with Crippen LogP contribution in [0.25, 0.3) is 0 Å². The Hall–Kier alpha value is -1.02. The third-order valence-corrected chi connectivity index (χ3v) is 1.72. The Kier molecular flexibility index (Phi) is 2.49. The number of rotatable bonds is 2. The minimum atomic E-state index is 0.0931. The molecule has 0 aliphatic carbocycles. The smallest absolute Gasteiger partial charge is 0.115 e. The van der Waals surface area contributed by atoms with E-state index in [-0.39, 0.29) is 11.9 Å². The Labute approximate surface area is 66.4 Å². The molecule has 0 heterocycles. The van der Waals surface area contributed by atoms with Crippen LogP contribution in [0, 0.1) is 0 Å². The lowest BCUT2D eigenvalue weighted by Gasteiger charge is -2.08. The monoisotopic (exact) mass is 152 g/mol. The molecule has 60 valence electrons.